The quantitative estimate of drug-likeness (QED) is 0.717. The fraction of sp³-hybridized carbons (Fsp3) is 0.158. The third kappa shape index (κ3) is 3.28. The molecule has 1 aromatic heterocycles. The highest BCUT2D eigenvalue weighted by molar-refractivity contribution is 6.33. The molecule has 2 heterocycles. The summed E-state index contributed by atoms with van der Waals surface area (Å²) < 4.78 is 10.7. The van der Waals surface area contributed by atoms with Gasteiger partial charge in [-0.05, 0) is 47.0 Å². The number of hydrogen-bond acceptors (Lipinski definition) is 4. The maximum Gasteiger partial charge on any atom is 0.289 e. The summed E-state index contributed by atoms with van der Waals surface area (Å²) in [5, 5.41) is 4.00. The summed E-state index contributed by atoms with van der Waals surface area (Å²) in [6, 6.07) is 10.5. The number of halogens is 2. The Labute approximate surface area is 159 Å². The Balaban J connectivity index is 1.76. The Bertz CT molecular complexity index is 957. The predicted octanol–water partition coefficient (Wildman–Crippen LogP) is 4.44. The van der Waals surface area contributed by atoms with E-state index < -0.39 is 6.04 Å². The number of carbonyl (C=O) groups is 1. The van der Waals surface area contributed by atoms with E-state index in [0.717, 1.165) is 23.3 Å². The van der Waals surface area contributed by atoms with Crippen LogP contribution >= 0.6 is 23.2 Å². The van der Waals surface area contributed by atoms with Crippen LogP contribution < -0.4 is 10.1 Å². The molecule has 0 bridgehead atoms. The van der Waals surface area contributed by atoms with Gasteiger partial charge in [0.2, 0.25) is 5.76 Å². The molecule has 5 nitrogen and oxygen atoms in total. The van der Waals surface area contributed by atoms with Gasteiger partial charge in [-0.25, -0.2) is 4.98 Å². The molecule has 0 aliphatic carbocycles. The molecular weight excluding hydrogens is 375 g/mol. The van der Waals surface area contributed by atoms with Crippen LogP contribution in [0.2, 0.25) is 10.0 Å². The van der Waals surface area contributed by atoms with Gasteiger partial charge >= 0.3 is 0 Å². The normalized spacial score (nSPS) is 13.8. The first kappa shape index (κ1) is 16.9. The molecule has 7 heteroatoms. The van der Waals surface area contributed by atoms with Crippen LogP contribution in [0.3, 0.4) is 0 Å². The average molecular weight is 389 g/mol. The number of rotatable bonds is 4. The summed E-state index contributed by atoms with van der Waals surface area (Å²) in [7, 11) is 0. The van der Waals surface area contributed by atoms with Crippen LogP contribution in [0.25, 0.3) is 0 Å². The molecule has 1 unspecified atom stereocenters. The molecule has 1 amide bonds. The van der Waals surface area contributed by atoms with Gasteiger partial charge in [-0.15, -0.1) is 0 Å². The van der Waals surface area contributed by atoms with Crippen molar-refractivity contribution in [1.82, 2.24) is 10.3 Å². The number of aromatic nitrogens is 1. The van der Waals surface area contributed by atoms with Gasteiger partial charge in [0.25, 0.3) is 5.91 Å². The summed E-state index contributed by atoms with van der Waals surface area (Å²) in [4.78, 5) is 16.3. The topological polar surface area (TPSA) is 64.4 Å². The molecule has 132 valence electrons. The van der Waals surface area contributed by atoms with Crippen LogP contribution in [0.5, 0.6) is 5.75 Å². The Morgan fingerprint density at radius 3 is 2.88 bits per heavy atom. The Morgan fingerprint density at radius 1 is 1.19 bits per heavy atom. The third-order valence-electron chi connectivity index (χ3n) is 4.25. The van der Waals surface area contributed by atoms with Crippen molar-refractivity contribution < 1.29 is 13.9 Å². The van der Waals surface area contributed by atoms with E-state index in [-0.39, 0.29) is 11.7 Å². The zero-order chi connectivity index (χ0) is 18.1. The van der Waals surface area contributed by atoms with Crippen molar-refractivity contribution in [3.63, 3.8) is 0 Å². The van der Waals surface area contributed by atoms with Crippen molar-refractivity contribution in [2.75, 3.05) is 6.61 Å². The third-order valence-corrected chi connectivity index (χ3v) is 4.83. The molecule has 1 atom stereocenters. The number of hydrogen-bond donors (Lipinski definition) is 1. The first-order valence-corrected chi connectivity index (χ1v) is 8.77. The zero-order valence-electron chi connectivity index (χ0n) is 13.5. The first-order chi connectivity index (χ1) is 12.6. The van der Waals surface area contributed by atoms with E-state index in [4.69, 9.17) is 32.4 Å². The molecule has 0 fully saturated rings. The van der Waals surface area contributed by atoms with E-state index in [1.54, 1.807) is 18.2 Å². The molecule has 26 heavy (non-hydrogen) atoms. The van der Waals surface area contributed by atoms with Crippen molar-refractivity contribution in [2.45, 2.75) is 12.5 Å². The van der Waals surface area contributed by atoms with Crippen LogP contribution in [0.1, 0.15) is 33.3 Å². The minimum Gasteiger partial charge on any atom is -0.493 e. The molecule has 0 saturated heterocycles. The van der Waals surface area contributed by atoms with Gasteiger partial charge in [-0.3, -0.25) is 4.79 Å². The van der Waals surface area contributed by atoms with Crippen LogP contribution in [0, 0.1) is 0 Å². The molecule has 1 aliphatic heterocycles. The molecule has 1 N–H and O–H groups in total. The molecule has 0 spiro atoms. The zero-order valence-corrected chi connectivity index (χ0v) is 15.1. The number of amides is 1. The number of nitrogens with one attached hydrogen (secondary N) is 1. The van der Waals surface area contributed by atoms with Gasteiger partial charge in [0.1, 0.15) is 5.75 Å². The Kier molecular flexibility index (Phi) is 4.57. The van der Waals surface area contributed by atoms with Crippen molar-refractivity contribution in [1.29, 1.82) is 0 Å². The Morgan fingerprint density at radius 2 is 2.08 bits per heavy atom. The summed E-state index contributed by atoms with van der Waals surface area (Å²) in [6.45, 7) is 0.659. The maximum atomic E-state index is 12.5. The highest BCUT2D eigenvalue weighted by Crippen LogP contribution is 2.34. The lowest BCUT2D eigenvalue weighted by Crippen LogP contribution is -2.29. The highest BCUT2D eigenvalue weighted by atomic mass is 35.5. The van der Waals surface area contributed by atoms with E-state index in [2.05, 4.69) is 10.3 Å². The van der Waals surface area contributed by atoms with E-state index in [1.165, 1.54) is 12.6 Å². The fourth-order valence-electron chi connectivity index (χ4n) is 2.99. The van der Waals surface area contributed by atoms with E-state index in [1.807, 2.05) is 18.2 Å². The molecule has 3 aromatic rings. The second-order valence-corrected chi connectivity index (χ2v) is 6.75. The van der Waals surface area contributed by atoms with Crippen LogP contribution in [-0.4, -0.2) is 17.5 Å². The highest BCUT2D eigenvalue weighted by Gasteiger charge is 2.24. The van der Waals surface area contributed by atoms with Gasteiger partial charge in [-0.2, -0.15) is 0 Å². The van der Waals surface area contributed by atoms with Gasteiger partial charge in [-0.1, -0.05) is 29.3 Å². The maximum absolute atomic E-state index is 12.5. The Hall–Kier alpha value is -2.50. The smallest absolute Gasteiger partial charge is 0.289 e. The molecule has 2 aromatic carbocycles. The van der Waals surface area contributed by atoms with Gasteiger partial charge < -0.3 is 14.5 Å². The number of nitrogens with zero attached hydrogens (tertiary/aromatic N) is 1. The minimum absolute atomic E-state index is 0.123. The minimum atomic E-state index is -0.496. The summed E-state index contributed by atoms with van der Waals surface area (Å²) in [5.74, 6) is 0.601. The molecule has 4 rings (SSSR count). The van der Waals surface area contributed by atoms with Crippen molar-refractivity contribution >= 4 is 29.1 Å². The number of benzene rings is 2. The van der Waals surface area contributed by atoms with Gasteiger partial charge in [0.05, 0.1) is 18.8 Å². The second-order valence-electron chi connectivity index (χ2n) is 5.90. The van der Waals surface area contributed by atoms with Crippen LogP contribution in [0.4, 0.5) is 0 Å². The van der Waals surface area contributed by atoms with E-state index in [9.17, 15) is 4.79 Å². The van der Waals surface area contributed by atoms with Crippen LogP contribution in [-0.2, 0) is 6.42 Å². The fourth-order valence-corrected chi connectivity index (χ4v) is 3.40. The van der Waals surface area contributed by atoms with Crippen molar-refractivity contribution in [3.8, 4) is 5.75 Å². The van der Waals surface area contributed by atoms with Crippen molar-refractivity contribution in [3.05, 3.63) is 81.5 Å². The number of fused-ring (bicyclic) bond motifs is 1. The van der Waals surface area contributed by atoms with Gasteiger partial charge in [0, 0.05) is 16.5 Å². The standard InChI is InChI=1S/C19H14Cl2N2O3/c20-13-2-3-15(21)14(8-13)18(23-19(24)17-9-22-10-26-17)12-1-4-16-11(7-12)5-6-25-16/h1-4,7-10,18H,5-6H2,(H,23,24). The van der Waals surface area contributed by atoms with E-state index >= 15 is 0 Å². The predicted molar refractivity (Wildman–Crippen MR) is 97.9 cm³/mol. The summed E-state index contributed by atoms with van der Waals surface area (Å²) in [5.41, 5.74) is 2.68. The number of carbonyl (C=O) groups excluding carboxylic acids is 1. The summed E-state index contributed by atoms with van der Waals surface area (Å²) >= 11 is 12.6. The lowest BCUT2D eigenvalue weighted by atomic mass is 9.96. The molecule has 0 radical (unpaired) electrons. The monoisotopic (exact) mass is 388 g/mol. The SMILES string of the molecule is O=C(NC(c1ccc2c(c1)CCO2)c1cc(Cl)ccc1Cl)c1cnco1. The first-order valence-electron chi connectivity index (χ1n) is 8.02. The lowest BCUT2D eigenvalue weighted by molar-refractivity contribution is 0.0915. The second kappa shape index (κ2) is 7.02. The van der Waals surface area contributed by atoms with E-state index in [0.29, 0.717) is 22.2 Å². The summed E-state index contributed by atoms with van der Waals surface area (Å²) in [6.07, 6.45) is 3.40. The molecule has 0 saturated carbocycles. The average Bonchev–Trinajstić information content (AvgIpc) is 3.32. The van der Waals surface area contributed by atoms with Crippen molar-refractivity contribution in [2.24, 2.45) is 0 Å². The molecular formula is C19H14Cl2N2O3. The lowest BCUT2D eigenvalue weighted by Gasteiger charge is -2.21. The van der Waals surface area contributed by atoms with Crippen LogP contribution in [0.15, 0.2) is 53.4 Å². The molecule has 1 aliphatic rings. The number of oxazole rings is 1. The van der Waals surface area contributed by atoms with Gasteiger partial charge in [0.15, 0.2) is 6.39 Å². The largest absolute Gasteiger partial charge is 0.493 e. The number of ether oxygens (including phenoxy) is 1.